The molecule has 1 aromatic heterocycles. The van der Waals surface area contributed by atoms with Gasteiger partial charge in [0.2, 0.25) is 5.76 Å². The number of carboxylic acids is 1. The molecule has 0 spiro atoms. The number of furan rings is 1. The molecule has 1 fully saturated rings. The summed E-state index contributed by atoms with van der Waals surface area (Å²) >= 11 is 0. The number of aromatic carboxylic acids is 1. The molecule has 7 heteroatoms. The highest BCUT2D eigenvalue weighted by molar-refractivity contribution is 5.84. The lowest BCUT2D eigenvalue weighted by atomic mass is 9.77. The van der Waals surface area contributed by atoms with E-state index in [0.29, 0.717) is 0 Å². The number of halogens is 3. The standard InChI is InChI=1S/C12H13F3O4/c13-12(14,15)7-3-5-11(18,6-4-7)9-2-1-8(19-9)10(16)17/h1-2,7,18H,3-6H2,(H,16,17). The SMILES string of the molecule is O=C(O)c1ccc(C2(O)CCC(C(F)(F)F)CC2)o1. The number of aliphatic hydroxyl groups is 1. The number of carboxylic acid groups (broad SMARTS) is 1. The van der Waals surface area contributed by atoms with Crippen LogP contribution >= 0.6 is 0 Å². The maximum absolute atomic E-state index is 12.5. The normalized spacial score (nSPS) is 28.3. The fraction of sp³-hybridized carbons (Fsp3) is 0.583. The van der Waals surface area contributed by atoms with Gasteiger partial charge in [0.25, 0.3) is 0 Å². The molecule has 19 heavy (non-hydrogen) atoms. The van der Waals surface area contributed by atoms with Gasteiger partial charge in [0.15, 0.2) is 0 Å². The summed E-state index contributed by atoms with van der Waals surface area (Å²) in [5.41, 5.74) is -1.50. The summed E-state index contributed by atoms with van der Waals surface area (Å²) < 4.78 is 42.5. The molecular formula is C12H13F3O4. The van der Waals surface area contributed by atoms with Gasteiger partial charge in [0.1, 0.15) is 11.4 Å². The first-order valence-electron chi connectivity index (χ1n) is 5.85. The second-order valence-electron chi connectivity index (χ2n) is 4.82. The van der Waals surface area contributed by atoms with E-state index in [4.69, 9.17) is 9.52 Å². The average Bonchev–Trinajstić information content (AvgIpc) is 2.78. The zero-order valence-corrected chi connectivity index (χ0v) is 9.91. The van der Waals surface area contributed by atoms with Crippen molar-refractivity contribution in [3.05, 3.63) is 23.7 Å². The van der Waals surface area contributed by atoms with Gasteiger partial charge in [-0.3, -0.25) is 0 Å². The summed E-state index contributed by atoms with van der Waals surface area (Å²) in [5, 5.41) is 19.0. The summed E-state index contributed by atoms with van der Waals surface area (Å²) in [4.78, 5) is 10.7. The van der Waals surface area contributed by atoms with E-state index >= 15 is 0 Å². The van der Waals surface area contributed by atoms with Crippen molar-refractivity contribution >= 4 is 5.97 Å². The topological polar surface area (TPSA) is 70.7 Å². The van der Waals surface area contributed by atoms with Crippen molar-refractivity contribution < 1.29 is 32.6 Å². The van der Waals surface area contributed by atoms with E-state index in [1.807, 2.05) is 0 Å². The minimum absolute atomic E-state index is 0.0190. The van der Waals surface area contributed by atoms with Gasteiger partial charge in [-0.2, -0.15) is 13.2 Å². The molecule has 106 valence electrons. The third kappa shape index (κ3) is 2.75. The van der Waals surface area contributed by atoms with Crippen LogP contribution in [0, 0.1) is 5.92 Å². The summed E-state index contributed by atoms with van der Waals surface area (Å²) in [6.45, 7) is 0. The molecular weight excluding hydrogens is 265 g/mol. The number of hydrogen-bond acceptors (Lipinski definition) is 3. The maximum atomic E-state index is 12.5. The van der Waals surface area contributed by atoms with Crippen LogP contribution in [0.1, 0.15) is 42.0 Å². The van der Waals surface area contributed by atoms with Crippen molar-refractivity contribution in [1.29, 1.82) is 0 Å². The van der Waals surface area contributed by atoms with Crippen LogP contribution in [0.25, 0.3) is 0 Å². The summed E-state index contributed by atoms with van der Waals surface area (Å²) in [6.07, 6.45) is -4.82. The number of hydrogen-bond donors (Lipinski definition) is 2. The van der Waals surface area contributed by atoms with E-state index in [-0.39, 0.29) is 37.2 Å². The van der Waals surface area contributed by atoms with Crippen molar-refractivity contribution in [3.63, 3.8) is 0 Å². The molecule has 0 saturated heterocycles. The zero-order chi connectivity index (χ0) is 14.3. The van der Waals surface area contributed by atoms with Crippen LogP contribution in [-0.2, 0) is 5.60 Å². The molecule has 0 bridgehead atoms. The second-order valence-corrected chi connectivity index (χ2v) is 4.82. The van der Waals surface area contributed by atoms with Gasteiger partial charge in [-0.15, -0.1) is 0 Å². The van der Waals surface area contributed by atoms with E-state index in [1.165, 1.54) is 12.1 Å². The van der Waals surface area contributed by atoms with Crippen molar-refractivity contribution in [2.45, 2.75) is 37.5 Å². The van der Waals surface area contributed by atoms with E-state index in [0.717, 1.165) is 0 Å². The third-order valence-corrected chi connectivity index (χ3v) is 3.55. The molecule has 0 aliphatic heterocycles. The Morgan fingerprint density at radius 3 is 2.32 bits per heavy atom. The Balaban J connectivity index is 2.11. The Bertz CT molecular complexity index is 470. The Morgan fingerprint density at radius 1 is 1.32 bits per heavy atom. The zero-order valence-electron chi connectivity index (χ0n) is 9.91. The first kappa shape index (κ1) is 13.9. The summed E-state index contributed by atoms with van der Waals surface area (Å²) in [5.74, 6) is -3.01. The minimum Gasteiger partial charge on any atom is -0.475 e. The number of carbonyl (C=O) groups is 1. The molecule has 1 saturated carbocycles. The largest absolute Gasteiger partial charge is 0.475 e. The van der Waals surface area contributed by atoms with E-state index < -0.39 is 23.7 Å². The third-order valence-electron chi connectivity index (χ3n) is 3.55. The lowest BCUT2D eigenvalue weighted by molar-refractivity contribution is -0.194. The molecule has 1 aliphatic carbocycles. The molecule has 0 atom stereocenters. The Kier molecular flexibility index (Phi) is 3.34. The molecule has 0 radical (unpaired) electrons. The Morgan fingerprint density at radius 2 is 1.89 bits per heavy atom. The van der Waals surface area contributed by atoms with Gasteiger partial charge in [-0.1, -0.05) is 0 Å². The highest BCUT2D eigenvalue weighted by atomic mass is 19.4. The van der Waals surface area contributed by atoms with Crippen LogP contribution in [0.2, 0.25) is 0 Å². The van der Waals surface area contributed by atoms with Crippen molar-refractivity contribution in [2.24, 2.45) is 5.92 Å². The van der Waals surface area contributed by atoms with Gasteiger partial charge in [-0.25, -0.2) is 4.79 Å². The molecule has 0 aromatic carbocycles. The van der Waals surface area contributed by atoms with Gasteiger partial charge < -0.3 is 14.6 Å². The second kappa shape index (κ2) is 4.56. The minimum atomic E-state index is -4.25. The van der Waals surface area contributed by atoms with Gasteiger partial charge in [0.05, 0.1) is 5.92 Å². The van der Waals surface area contributed by atoms with Gasteiger partial charge in [-0.05, 0) is 37.8 Å². The molecule has 0 unspecified atom stereocenters. The number of alkyl halides is 3. The van der Waals surface area contributed by atoms with Crippen LogP contribution in [0.4, 0.5) is 13.2 Å². The first-order chi connectivity index (χ1) is 8.72. The van der Waals surface area contributed by atoms with E-state index in [9.17, 15) is 23.1 Å². The fourth-order valence-corrected chi connectivity index (χ4v) is 2.37. The first-order valence-corrected chi connectivity index (χ1v) is 5.85. The van der Waals surface area contributed by atoms with Gasteiger partial charge >= 0.3 is 12.1 Å². The quantitative estimate of drug-likeness (QED) is 0.872. The summed E-state index contributed by atoms with van der Waals surface area (Å²) in [6, 6.07) is 2.49. The molecule has 2 rings (SSSR count). The van der Waals surface area contributed by atoms with Crippen LogP contribution in [0.3, 0.4) is 0 Å². The van der Waals surface area contributed by atoms with Gasteiger partial charge in [0, 0.05) is 0 Å². The molecule has 0 amide bonds. The monoisotopic (exact) mass is 278 g/mol. The van der Waals surface area contributed by atoms with E-state index in [2.05, 4.69) is 0 Å². The van der Waals surface area contributed by atoms with Crippen LogP contribution in [0.5, 0.6) is 0 Å². The van der Waals surface area contributed by atoms with E-state index in [1.54, 1.807) is 0 Å². The molecule has 2 N–H and O–H groups in total. The lowest BCUT2D eigenvalue weighted by Gasteiger charge is -2.35. The van der Waals surface area contributed by atoms with Crippen LogP contribution < -0.4 is 0 Å². The molecule has 1 aromatic rings. The van der Waals surface area contributed by atoms with Crippen LogP contribution in [0.15, 0.2) is 16.5 Å². The Labute approximate surface area is 106 Å². The smallest absolute Gasteiger partial charge is 0.391 e. The highest BCUT2D eigenvalue weighted by Gasteiger charge is 2.46. The Hall–Kier alpha value is -1.50. The summed E-state index contributed by atoms with van der Waals surface area (Å²) in [7, 11) is 0. The highest BCUT2D eigenvalue weighted by Crippen LogP contribution is 2.45. The van der Waals surface area contributed by atoms with Crippen molar-refractivity contribution in [2.75, 3.05) is 0 Å². The fourth-order valence-electron chi connectivity index (χ4n) is 2.37. The molecule has 4 nitrogen and oxygen atoms in total. The number of rotatable bonds is 2. The predicted octanol–water partition coefficient (Wildman–Crippen LogP) is 2.92. The maximum Gasteiger partial charge on any atom is 0.391 e. The predicted molar refractivity (Wildman–Crippen MR) is 57.6 cm³/mol. The lowest BCUT2D eigenvalue weighted by Crippen LogP contribution is -2.36. The molecule has 1 aliphatic rings. The van der Waals surface area contributed by atoms with Crippen LogP contribution in [-0.4, -0.2) is 22.4 Å². The van der Waals surface area contributed by atoms with Crippen molar-refractivity contribution in [1.82, 2.24) is 0 Å². The molecule has 1 heterocycles. The van der Waals surface area contributed by atoms with Crippen molar-refractivity contribution in [3.8, 4) is 0 Å². The average molecular weight is 278 g/mol.